The minimum absolute atomic E-state index is 0.411. The van der Waals surface area contributed by atoms with Crippen LogP contribution in [0.25, 0.3) is 0 Å². The summed E-state index contributed by atoms with van der Waals surface area (Å²) >= 11 is 0. The topological polar surface area (TPSA) is 70.6 Å². The second kappa shape index (κ2) is 17.4. The Morgan fingerprint density at radius 3 is 1.57 bits per heavy atom. The van der Waals surface area contributed by atoms with Gasteiger partial charge in [-0.3, -0.25) is 4.90 Å². The zero-order chi connectivity index (χ0) is 26.3. The molecule has 8 nitrogen and oxygen atoms in total. The molecule has 0 radical (unpaired) electrons. The van der Waals surface area contributed by atoms with Gasteiger partial charge in [-0.05, 0) is 25.9 Å². The van der Waals surface area contributed by atoms with E-state index >= 15 is 0 Å². The molecule has 0 bridgehead atoms. The third-order valence-corrected chi connectivity index (χ3v) is 7.78. The Morgan fingerprint density at radius 1 is 0.622 bits per heavy atom. The first-order valence-electron chi connectivity index (χ1n) is 14.3. The number of nitrogens with zero attached hydrogens (tertiary/aromatic N) is 5. The van der Waals surface area contributed by atoms with E-state index in [2.05, 4.69) is 48.7 Å². The molecule has 202 valence electrons. The molecule has 1 N–H and O–H groups in total. The summed E-state index contributed by atoms with van der Waals surface area (Å²) in [7, 11) is 1.45. The van der Waals surface area contributed by atoms with Crippen LogP contribution in [-0.2, 0) is 22.5 Å². The predicted molar refractivity (Wildman–Crippen MR) is 151 cm³/mol. The molecule has 0 aliphatic carbocycles. The van der Waals surface area contributed by atoms with E-state index in [4.69, 9.17) is 0 Å². The van der Waals surface area contributed by atoms with Gasteiger partial charge in [-0.15, -0.1) is 0 Å². The van der Waals surface area contributed by atoms with Crippen molar-refractivity contribution in [3.63, 3.8) is 0 Å². The summed E-state index contributed by atoms with van der Waals surface area (Å²) in [5.74, 6) is 0. The quantitative estimate of drug-likeness (QED) is 0.501. The van der Waals surface area contributed by atoms with E-state index in [0.717, 1.165) is 92.6 Å². The van der Waals surface area contributed by atoms with Gasteiger partial charge < -0.3 is 0 Å². The van der Waals surface area contributed by atoms with Gasteiger partial charge in [0.2, 0.25) is 0 Å². The van der Waals surface area contributed by atoms with Crippen molar-refractivity contribution in [2.75, 3.05) is 78.3 Å². The van der Waals surface area contributed by atoms with Gasteiger partial charge in [-0.2, -0.15) is 0 Å². The summed E-state index contributed by atoms with van der Waals surface area (Å²) < 4.78 is 22.4. The number of rotatable bonds is 9. The van der Waals surface area contributed by atoms with Gasteiger partial charge in [-0.1, -0.05) is 6.42 Å². The second-order valence-corrected chi connectivity index (χ2v) is 10.7. The number of piperidine rings is 1. The Kier molecular flexibility index (Phi) is 14.2. The molecule has 3 rings (SSSR count). The second-order valence-electron chi connectivity index (χ2n) is 10.7. The average molecular weight is 509 g/mol. The number of hydrogen-bond acceptors (Lipinski definition) is 8. The maximum atomic E-state index is 11.3. The van der Waals surface area contributed by atoms with Crippen LogP contribution in [0.1, 0.15) is 43.2 Å². The molecular weight excluding hydrogens is 463 g/mol. The van der Waals surface area contributed by atoms with Crippen molar-refractivity contribution in [3.05, 3.63) is 35.4 Å². The molecule has 0 saturated carbocycles. The zero-order valence-electron chi connectivity index (χ0n) is 23.0. The van der Waals surface area contributed by atoms with E-state index in [0.29, 0.717) is 12.9 Å². The predicted octanol–water partition coefficient (Wildman–Crippen LogP) is 1.30. The van der Waals surface area contributed by atoms with E-state index in [9.17, 15) is 14.4 Å². The van der Waals surface area contributed by atoms with Crippen molar-refractivity contribution in [2.24, 2.45) is 0 Å². The van der Waals surface area contributed by atoms with Crippen LogP contribution in [0.4, 0.5) is 0 Å². The first kappa shape index (κ1) is 30.3. The fraction of sp³-hybridized carbons (Fsp3) is 0.769. The molecule has 0 unspecified atom stereocenters. The first-order valence-corrected chi connectivity index (χ1v) is 14.3. The Bertz CT molecular complexity index is 783. The van der Waals surface area contributed by atoms with Crippen LogP contribution in [0.3, 0.4) is 0 Å². The van der Waals surface area contributed by atoms with Crippen molar-refractivity contribution < 1.29 is 14.4 Å². The molecule has 2 saturated heterocycles. The molecule has 0 spiro atoms. The Labute approximate surface area is 226 Å². The summed E-state index contributed by atoms with van der Waals surface area (Å²) in [6.07, 6.45) is 6.71. The fourth-order valence-corrected chi connectivity index (χ4v) is 5.51. The first-order chi connectivity index (χ1) is 18.1. The molecule has 2 heterocycles. The molecule has 2 aliphatic heterocycles. The molecule has 1 aromatic carbocycles. The van der Waals surface area contributed by atoms with Crippen molar-refractivity contribution in [2.45, 2.75) is 52.0 Å². The molecule has 2 aliphatic rings. The third-order valence-electron chi connectivity index (χ3n) is 7.78. The Morgan fingerprint density at radius 2 is 1.05 bits per heavy atom. The van der Waals surface area contributed by atoms with Gasteiger partial charge in [0.15, 0.2) is 0 Å². The van der Waals surface area contributed by atoms with Gasteiger partial charge in [0, 0.05) is 0 Å². The van der Waals surface area contributed by atoms with E-state index < -0.39 is 7.05 Å². The van der Waals surface area contributed by atoms with Crippen molar-refractivity contribution in [3.8, 4) is 0 Å². The Balaban J connectivity index is 1.61. The standard InChI is InChI=1S/C26H46B3N5O3/c1-29(37)34-16-6-15-33(24-28-36)18-17-32(23-27-35)14-5-13-31(19-20-34)22-26-9-7-25(8-10-26)21-30-11-3-2-4-12-30/h7-10,37H,2-6,11-24H2,1H3. The summed E-state index contributed by atoms with van der Waals surface area (Å²) in [5.41, 5.74) is 2.71. The minimum atomic E-state index is -0.494. The van der Waals surface area contributed by atoms with E-state index in [-0.39, 0.29) is 0 Å². The fourth-order valence-electron chi connectivity index (χ4n) is 5.51. The van der Waals surface area contributed by atoms with E-state index in [1.807, 2.05) is 6.82 Å². The van der Waals surface area contributed by atoms with Crippen LogP contribution >= 0.6 is 0 Å². The molecule has 1 aromatic rings. The van der Waals surface area contributed by atoms with Gasteiger partial charge >= 0.3 is 189 Å². The monoisotopic (exact) mass is 509 g/mol. The molecule has 0 aromatic heterocycles. The summed E-state index contributed by atoms with van der Waals surface area (Å²) in [6, 6.07) is 9.12. The van der Waals surface area contributed by atoms with Crippen molar-refractivity contribution in [1.82, 2.24) is 24.4 Å². The molecule has 11 heteroatoms. The zero-order valence-corrected chi connectivity index (χ0v) is 23.0. The number of benzene rings is 1. The molecule has 2 fully saturated rings. The van der Waals surface area contributed by atoms with Crippen LogP contribution in [0.5, 0.6) is 0 Å². The van der Waals surface area contributed by atoms with Gasteiger partial charge in [0.05, 0.1) is 0 Å². The maximum absolute atomic E-state index is 11.3. The summed E-state index contributed by atoms with van der Waals surface area (Å²) in [4.78, 5) is 11.5. The van der Waals surface area contributed by atoms with Crippen LogP contribution in [0.15, 0.2) is 24.3 Å². The molecule has 0 amide bonds. The summed E-state index contributed by atoms with van der Waals surface area (Å²) in [6.45, 7) is 12.8. The van der Waals surface area contributed by atoms with Crippen LogP contribution in [0.2, 0.25) is 6.82 Å². The third kappa shape index (κ3) is 11.6. The van der Waals surface area contributed by atoms with Crippen molar-refractivity contribution in [1.29, 1.82) is 0 Å². The van der Waals surface area contributed by atoms with Gasteiger partial charge in [0.25, 0.3) is 0 Å². The van der Waals surface area contributed by atoms with Gasteiger partial charge in [-0.25, -0.2) is 0 Å². The van der Waals surface area contributed by atoms with Crippen LogP contribution < -0.4 is 0 Å². The molecule has 0 atom stereocenters. The van der Waals surface area contributed by atoms with E-state index in [1.165, 1.54) is 43.5 Å². The number of hydrogen-bond donors (Lipinski definition) is 1. The summed E-state index contributed by atoms with van der Waals surface area (Å²) in [5, 5.41) is 10.4. The van der Waals surface area contributed by atoms with E-state index in [1.54, 1.807) is 0 Å². The Hall–Kier alpha value is -1.23. The van der Waals surface area contributed by atoms with Crippen LogP contribution in [0, 0.1) is 0 Å². The average Bonchev–Trinajstić information content (AvgIpc) is 2.89. The van der Waals surface area contributed by atoms with Crippen LogP contribution in [-0.4, -0.2) is 129 Å². The molecular formula is C26H46B3N5O3. The number of likely N-dealkylation sites (tertiary alicyclic amines) is 1. The van der Waals surface area contributed by atoms with Crippen molar-refractivity contribution >= 4 is 21.4 Å². The normalized spacial score (nSPS) is 21.1. The SMILES string of the molecule is CB(O)N1CCCN(CB=O)CCN(CB=O)CCCN(Cc2ccc(CN3CCCCC3)cc2)CC1. The van der Waals surface area contributed by atoms with Gasteiger partial charge in [0.1, 0.15) is 0 Å². The molecule has 37 heavy (non-hydrogen) atoms.